The molecule has 19 heavy (non-hydrogen) atoms. The maximum Gasteiger partial charge on any atom is 0.338 e. The van der Waals surface area contributed by atoms with Gasteiger partial charge in [0.1, 0.15) is 12.2 Å². The van der Waals surface area contributed by atoms with Gasteiger partial charge in [-0.05, 0) is 11.6 Å². The highest BCUT2D eigenvalue weighted by Crippen LogP contribution is 2.21. The van der Waals surface area contributed by atoms with Gasteiger partial charge >= 0.3 is 5.97 Å². The van der Waals surface area contributed by atoms with Gasteiger partial charge in [0.05, 0.1) is 12.7 Å². The van der Waals surface area contributed by atoms with Crippen LogP contribution in [0.5, 0.6) is 0 Å². The summed E-state index contributed by atoms with van der Waals surface area (Å²) in [6.07, 6.45) is -2.50. The third kappa shape index (κ3) is 4.04. The largest absolute Gasteiger partial charge is 0.465 e. The molecule has 2 atom stereocenters. The molecule has 0 bridgehead atoms. The predicted octanol–water partition coefficient (Wildman–Crippen LogP) is 0.00360. The van der Waals surface area contributed by atoms with Crippen LogP contribution in [-0.4, -0.2) is 41.8 Å². The van der Waals surface area contributed by atoms with Crippen LogP contribution in [0.4, 0.5) is 0 Å². The second-order valence-electron chi connectivity index (χ2n) is 4.03. The molecule has 6 nitrogen and oxygen atoms in total. The lowest BCUT2D eigenvalue weighted by Crippen LogP contribution is -2.34. The number of hydrogen-bond donors (Lipinski definition) is 3. The lowest BCUT2D eigenvalue weighted by molar-refractivity contribution is -0.119. The van der Waals surface area contributed by atoms with E-state index in [1.807, 2.05) is 0 Å². The van der Waals surface area contributed by atoms with Gasteiger partial charge in [-0.15, -0.1) is 0 Å². The Morgan fingerprint density at radius 2 is 1.95 bits per heavy atom. The quantitative estimate of drug-likeness (QED) is 0.653. The Balaban J connectivity index is 2.89. The zero-order valence-electron chi connectivity index (χ0n) is 10.8. The maximum absolute atomic E-state index is 11.5. The van der Waals surface area contributed by atoms with Crippen molar-refractivity contribution in [3.63, 3.8) is 0 Å². The summed E-state index contributed by atoms with van der Waals surface area (Å²) in [5.41, 5.74) is 0.437. The van der Waals surface area contributed by atoms with Crippen LogP contribution in [0, 0.1) is 0 Å². The molecule has 1 amide bonds. The number of hydrogen-bond acceptors (Lipinski definition) is 5. The summed E-state index contributed by atoms with van der Waals surface area (Å²) in [5.74, 6) is -0.908. The summed E-state index contributed by atoms with van der Waals surface area (Å²) in [7, 11) is 1.24. The van der Waals surface area contributed by atoms with E-state index in [2.05, 4.69) is 10.1 Å². The van der Waals surface area contributed by atoms with E-state index in [9.17, 15) is 19.8 Å². The van der Waals surface area contributed by atoms with Gasteiger partial charge in [-0.1, -0.05) is 18.2 Å². The first-order valence-electron chi connectivity index (χ1n) is 5.75. The highest BCUT2D eigenvalue weighted by molar-refractivity contribution is 5.91. The number of nitrogens with one attached hydrogen (secondary N) is 1. The van der Waals surface area contributed by atoms with Gasteiger partial charge in [-0.25, -0.2) is 4.79 Å². The Labute approximate surface area is 111 Å². The van der Waals surface area contributed by atoms with E-state index in [4.69, 9.17) is 0 Å². The zero-order valence-corrected chi connectivity index (χ0v) is 10.8. The summed E-state index contributed by atoms with van der Waals surface area (Å²) in [4.78, 5) is 22.3. The van der Waals surface area contributed by atoms with E-state index < -0.39 is 18.2 Å². The van der Waals surface area contributed by atoms with Gasteiger partial charge in [-0.3, -0.25) is 4.79 Å². The van der Waals surface area contributed by atoms with Crippen molar-refractivity contribution in [3.05, 3.63) is 35.4 Å². The third-order valence-electron chi connectivity index (χ3n) is 2.61. The lowest BCUT2D eigenvalue weighted by atomic mass is 9.98. The Bertz CT molecular complexity index is 460. The SMILES string of the molecule is COC(=O)c1ccccc1C(O)C(O)CNC(C)=O. The summed E-state index contributed by atoms with van der Waals surface area (Å²) in [5, 5.41) is 22.2. The number of rotatable bonds is 5. The summed E-state index contributed by atoms with van der Waals surface area (Å²) in [6, 6.07) is 6.28. The first-order valence-corrected chi connectivity index (χ1v) is 5.75. The van der Waals surface area contributed by atoms with Crippen molar-refractivity contribution in [2.75, 3.05) is 13.7 Å². The van der Waals surface area contributed by atoms with Crippen LogP contribution < -0.4 is 5.32 Å². The predicted molar refractivity (Wildman–Crippen MR) is 67.4 cm³/mol. The van der Waals surface area contributed by atoms with E-state index in [-0.39, 0.29) is 23.6 Å². The van der Waals surface area contributed by atoms with Crippen LogP contribution >= 0.6 is 0 Å². The molecule has 0 aliphatic rings. The summed E-state index contributed by atoms with van der Waals surface area (Å²) in [6.45, 7) is 1.20. The number of esters is 1. The van der Waals surface area contributed by atoms with E-state index in [1.54, 1.807) is 12.1 Å². The Hall–Kier alpha value is -1.92. The van der Waals surface area contributed by atoms with Crippen molar-refractivity contribution in [1.29, 1.82) is 0 Å². The molecule has 0 saturated carbocycles. The Morgan fingerprint density at radius 3 is 2.53 bits per heavy atom. The van der Waals surface area contributed by atoms with Crippen LogP contribution in [0.1, 0.15) is 28.9 Å². The number of aliphatic hydroxyl groups is 2. The van der Waals surface area contributed by atoms with Crippen LogP contribution in [0.25, 0.3) is 0 Å². The first-order chi connectivity index (χ1) is 8.97. The topological polar surface area (TPSA) is 95.9 Å². The fourth-order valence-electron chi connectivity index (χ4n) is 1.62. The van der Waals surface area contributed by atoms with Crippen molar-refractivity contribution in [2.45, 2.75) is 19.1 Å². The van der Waals surface area contributed by atoms with Gasteiger partial charge < -0.3 is 20.3 Å². The number of methoxy groups -OCH3 is 1. The zero-order chi connectivity index (χ0) is 14.4. The molecule has 1 aromatic rings. The third-order valence-corrected chi connectivity index (χ3v) is 2.61. The highest BCUT2D eigenvalue weighted by atomic mass is 16.5. The van der Waals surface area contributed by atoms with E-state index in [0.717, 1.165) is 0 Å². The molecule has 0 fully saturated rings. The van der Waals surface area contributed by atoms with E-state index >= 15 is 0 Å². The highest BCUT2D eigenvalue weighted by Gasteiger charge is 2.23. The molecule has 0 aliphatic heterocycles. The van der Waals surface area contributed by atoms with Crippen molar-refractivity contribution >= 4 is 11.9 Å². The minimum atomic E-state index is -1.29. The number of carbonyl (C=O) groups is 2. The van der Waals surface area contributed by atoms with Crippen molar-refractivity contribution in [1.82, 2.24) is 5.32 Å². The lowest BCUT2D eigenvalue weighted by Gasteiger charge is -2.20. The molecule has 0 saturated heterocycles. The molecule has 3 N–H and O–H groups in total. The van der Waals surface area contributed by atoms with Gasteiger partial charge in [0.2, 0.25) is 5.91 Å². The van der Waals surface area contributed by atoms with Crippen molar-refractivity contribution in [2.24, 2.45) is 0 Å². The molecule has 0 heterocycles. The Morgan fingerprint density at radius 1 is 1.32 bits per heavy atom. The summed E-state index contributed by atoms with van der Waals surface area (Å²) >= 11 is 0. The fourth-order valence-corrected chi connectivity index (χ4v) is 1.62. The molecular weight excluding hydrogens is 250 g/mol. The van der Waals surface area contributed by atoms with Crippen LogP contribution in [-0.2, 0) is 9.53 Å². The second-order valence-corrected chi connectivity index (χ2v) is 4.03. The van der Waals surface area contributed by atoms with Crippen LogP contribution in [0.15, 0.2) is 24.3 Å². The van der Waals surface area contributed by atoms with Crippen LogP contribution in [0.2, 0.25) is 0 Å². The molecule has 1 rings (SSSR count). The molecule has 0 radical (unpaired) electrons. The summed E-state index contributed by atoms with van der Waals surface area (Å²) < 4.78 is 4.60. The average Bonchev–Trinajstić information content (AvgIpc) is 2.42. The minimum Gasteiger partial charge on any atom is -0.465 e. The monoisotopic (exact) mass is 267 g/mol. The molecule has 1 aromatic carbocycles. The van der Waals surface area contributed by atoms with Gasteiger partial charge in [0.25, 0.3) is 0 Å². The van der Waals surface area contributed by atoms with E-state index in [1.165, 1.54) is 26.2 Å². The number of aliphatic hydroxyl groups excluding tert-OH is 2. The molecule has 0 spiro atoms. The molecule has 0 aromatic heterocycles. The minimum absolute atomic E-state index is 0.105. The normalized spacial score (nSPS) is 13.5. The Kier molecular flexibility index (Phi) is 5.47. The van der Waals surface area contributed by atoms with Crippen LogP contribution in [0.3, 0.4) is 0 Å². The molecule has 2 unspecified atom stereocenters. The fraction of sp³-hybridized carbons (Fsp3) is 0.385. The van der Waals surface area contributed by atoms with Crippen molar-refractivity contribution < 1.29 is 24.5 Å². The smallest absolute Gasteiger partial charge is 0.338 e. The number of benzene rings is 1. The standard InChI is InChI=1S/C13H17NO5/c1-8(15)14-7-11(16)12(17)9-5-3-4-6-10(9)13(18)19-2/h3-6,11-12,16-17H,7H2,1-2H3,(H,14,15). The molecule has 104 valence electrons. The molecular formula is C13H17NO5. The van der Waals surface area contributed by atoms with Gasteiger partial charge in [-0.2, -0.15) is 0 Å². The van der Waals surface area contributed by atoms with E-state index in [0.29, 0.717) is 0 Å². The maximum atomic E-state index is 11.5. The first kappa shape index (κ1) is 15.1. The number of ether oxygens (including phenoxy) is 1. The van der Waals surface area contributed by atoms with Gasteiger partial charge in [0, 0.05) is 13.5 Å². The molecule has 6 heteroatoms. The molecule has 0 aliphatic carbocycles. The second kappa shape index (κ2) is 6.86. The number of amides is 1. The van der Waals surface area contributed by atoms with Gasteiger partial charge in [0.15, 0.2) is 0 Å². The average molecular weight is 267 g/mol. The number of carbonyl (C=O) groups excluding carboxylic acids is 2. The van der Waals surface area contributed by atoms with Crippen molar-refractivity contribution in [3.8, 4) is 0 Å².